The third kappa shape index (κ3) is 5.89. The fourth-order valence-electron chi connectivity index (χ4n) is 2.27. The van der Waals surface area contributed by atoms with Gasteiger partial charge < -0.3 is 25.3 Å². The van der Waals surface area contributed by atoms with E-state index in [2.05, 4.69) is 5.32 Å². The predicted octanol–water partition coefficient (Wildman–Crippen LogP) is 2.77. The van der Waals surface area contributed by atoms with Gasteiger partial charge in [-0.25, -0.2) is 9.18 Å². The van der Waals surface area contributed by atoms with E-state index in [0.717, 1.165) is 23.5 Å². The van der Waals surface area contributed by atoms with Crippen LogP contribution in [0.15, 0.2) is 18.2 Å². The molecule has 0 radical (unpaired) electrons. The summed E-state index contributed by atoms with van der Waals surface area (Å²) in [4.78, 5) is 36.4. The Labute approximate surface area is 174 Å². The van der Waals surface area contributed by atoms with Crippen molar-refractivity contribution in [3.63, 3.8) is 0 Å². The van der Waals surface area contributed by atoms with Crippen LogP contribution in [0.1, 0.15) is 25.6 Å². The van der Waals surface area contributed by atoms with E-state index in [1.165, 1.54) is 20.1 Å². The zero-order valence-corrected chi connectivity index (χ0v) is 17.1. The summed E-state index contributed by atoms with van der Waals surface area (Å²) in [6.07, 6.45) is 0. The number of hydrogen-bond donors (Lipinski definition) is 2. The SMILES string of the molecule is COCCOC(=O)c1c(NC(=O)COc2ccc(F)cc2Cl)sc(C(N)=O)c1C. The molecule has 0 unspecified atom stereocenters. The minimum Gasteiger partial charge on any atom is -0.482 e. The van der Waals surface area contributed by atoms with Crippen LogP contribution in [0.25, 0.3) is 0 Å². The quantitative estimate of drug-likeness (QED) is 0.453. The Morgan fingerprint density at radius 3 is 2.62 bits per heavy atom. The summed E-state index contributed by atoms with van der Waals surface area (Å²) in [5.41, 5.74) is 5.65. The number of esters is 1. The lowest BCUT2D eigenvalue weighted by Crippen LogP contribution is -2.21. The van der Waals surface area contributed by atoms with E-state index in [0.29, 0.717) is 5.56 Å². The lowest BCUT2D eigenvalue weighted by atomic mass is 10.1. The van der Waals surface area contributed by atoms with E-state index in [9.17, 15) is 18.8 Å². The maximum atomic E-state index is 13.1. The van der Waals surface area contributed by atoms with Crippen LogP contribution in [0.4, 0.5) is 9.39 Å². The molecule has 0 fully saturated rings. The summed E-state index contributed by atoms with van der Waals surface area (Å²) >= 11 is 6.69. The highest BCUT2D eigenvalue weighted by atomic mass is 35.5. The molecule has 0 saturated carbocycles. The third-order valence-corrected chi connectivity index (χ3v) is 5.12. The monoisotopic (exact) mass is 444 g/mol. The van der Waals surface area contributed by atoms with Crippen molar-refractivity contribution < 1.29 is 33.0 Å². The van der Waals surface area contributed by atoms with Crippen LogP contribution in [0.3, 0.4) is 0 Å². The molecule has 11 heteroatoms. The molecule has 1 heterocycles. The summed E-state index contributed by atoms with van der Waals surface area (Å²) in [6.45, 7) is 1.24. The average molecular weight is 445 g/mol. The van der Waals surface area contributed by atoms with Crippen LogP contribution in [0.2, 0.25) is 5.02 Å². The number of hydrogen-bond acceptors (Lipinski definition) is 7. The first kappa shape index (κ1) is 22.6. The number of ether oxygens (including phenoxy) is 3. The van der Waals surface area contributed by atoms with Gasteiger partial charge in [-0.3, -0.25) is 9.59 Å². The molecule has 0 aliphatic rings. The molecule has 0 atom stereocenters. The van der Waals surface area contributed by atoms with Crippen molar-refractivity contribution in [1.82, 2.24) is 0 Å². The minimum absolute atomic E-state index is 0.00296. The van der Waals surface area contributed by atoms with Crippen LogP contribution < -0.4 is 15.8 Å². The van der Waals surface area contributed by atoms with Gasteiger partial charge in [0.1, 0.15) is 23.2 Å². The molecule has 0 aliphatic heterocycles. The minimum atomic E-state index is -0.742. The summed E-state index contributed by atoms with van der Waals surface area (Å²) in [6, 6.07) is 3.46. The summed E-state index contributed by atoms with van der Waals surface area (Å²) in [7, 11) is 1.45. The topological polar surface area (TPSA) is 117 Å². The molecule has 3 N–H and O–H groups in total. The zero-order chi connectivity index (χ0) is 21.6. The Morgan fingerprint density at radius 2 is 2.00 bits per heavy atom. The van der Waals surface area contributed by atoms with Crippen molar-refractivity contribution in [3.05, 3.63) is 45.0 Å². The highest BCUT2D eigenvalue weighted by Gasteiger charge is 2.26. The third-order valence-electron chi connectivity index (χ3n) is 3.60. The average Bonchev–Trinajstić information content (AvgIpc) is 2.97. The first-order valence-electron chi connectivity index (χ1n) is 8.21. The number of benzene rings is 1. The number of anilines is 1. The zero-order valence-electron chi connectivity index (χ0n) is 15.5. The highest BCUT2D eigenvalue weighted by molar-refractivity contribution is 7.18. The number of rotatable bonds is 9. The second kappa shape index (κ2) is 10.2. The number of carbonyl (C=O) groups excluding carboxylic acids is 3. The van der Waals surface area contributed by atoms with Crippen molar-refractivity contribution >= 4 is 45.7 Å². The van der Waals surface area contributed by atoms with Crippen molar-refractivity contribution in [2.24, 2.45) is 5.73 Å². The van der Waals surface area contributed by atoms with Gasteiger partial charge in [0.25, 0.3) is 11.8 Å². The van der Waals surface area contributed by atoms with E-state index in [1.54, 1.807) is 0 Å². The molecule has 0 bridgehead atoms. The number of nitrogens with one attached hydrogen (secondary N) is 1. The van der Waals surface area contributed by atoms with Gasteiger partial charge in [-0.15, -0.1) is 11.3 Å². The van der Waals surface area contributed by atoms with Gasteiger partial charge in [-0.1, -0.05) is 11.6 Å². The Balaban J connectivity index is 2.15. The molecule has 0 aliphatic carbocycles. The summed E-state index contributed by atoms with van der Waals surface area (Å²) in [5.74, 6) is -2.54. The second-order valence-corrected chi connectivity index (χ2v) is 7.09. The van der Waals surface area contributed by atoms with Crippen LogP contribution >= 0.6 is 22.9 Å². The van der Waals surface area contributed by atoms with E-state index in [-0.39, 0.29) is 39.4 Å². The van der Waals surface area contributed by atoms with Crippen LogP contribution in [-0.2, 0) is 14.3 Å². The van der Waals surface area contributed by atoms with Gasteiger partial charge in [-0.2, -0.15) is 0 Å². The molecule has 156 valence electrons. The smallest absolute Gasteiger partial charge is 0.341 e. The lowest BCUT2D eigenvalue weighted by molar-refractivity contribution is -0.118. The Hall–Kier alpha value is -2.69. The molecule has 2 amide bonds. The first-order valence-corrected chi connectivity index (χ1v) is 9.41. The van der Waals surface area contributed by atoms with Crippen LogP contribution in [0, 0.1) is 12.7 Å². The molecule has 2 rings (SSSR count). The summed E-state index contributed by atoms with van der Waals surface area (Å²) < 4.78 is 28.2. The number of nitrogens with two attached hydrogens (primary N) is 1. The van der Waals surface area contributed by atoms with Crippen molar-refractivity contribution in [2.45, 2.75) is 6.92 Å². The number of carbonyl (C=O) groups is 3. The largest absolute Gasteiger partial charge is 0.482 e. The van der Waals surface area contributed by atoms with Gasteiger partial charge in [-0.05, 0) is 30.7 Å². The first-order chi connectivity index (χ1) is 13.7. The molecule has 0 spiro atoms. The second-order valence-electron chi connectivity index (χ2n) is 5.66. The summed E-state index contributed by atoms with van der Waals surface area (Å²) in [5, 5.41) is 2.59. The van der Waals surface area contributed by atoms with Gasteiger partial charge in [0.2, 0.25) is 0 Å². The van der Waals surface area contributed by atoms with Crippen molar-refractivity contribution in [1.29, 1.82) is 0 Å². The lowest BCUT2D eigenvalue weighted by Gasteiger charge is -2.10. The molecule has 2 aromatic rings. The van der Waals surface area contributed by atoms with Gasteiger partial charge in [0.05, 0.1) is 22.1 Å². The fourth-order valence-corrected chi connectivity index (χ4v) is 3.56. The van der Waals surface area contributed by atoms with Gasteiger partial charge >= 0.3 is 5.97 Å². The number of halogens is 2. The Kier molecular flexibility index (Phi) is 7.94. The van der Waals surface area contributed by atoms with Crippen molar-refractivity contribution in [3.8, 4) is 5.75 Å². The van der Waals surface area contributed by atoms with Gasteiger partial charge in [0, 0.05) is 7.11 Å². The van der Waals surface area contributed by atoms with E-state index in [1.807, 2.05) is 0 Å². The highest BCUT2D eigenvalue weighted by Crippen LogP contribution is 2.33. The molecular weight excluding hydrogens is 427 g/mol. The molecule has 1 aromatic carbocycles. The Morgan fingerprint density at radius 1 is 1.28 bits per heavy atom. The number of primary amides is 1. The van der Waals surface area contributed by atoms with Crippen molar-refractivity contribution in [2.75, 3.05) is 32.2 Å². The molecule has 8 nitrogen and oxygen atoms in total. The van der Waals surface area contributed by atoms with Crippen LogP contribution in [-0.4, -0.2) is 44.7 Å². The van der Waals surface area contributed by atoms with E-state index in [4.69, 9.17) is 31.5 Å². The number of thiophene rings is 1. The van der Waals surface area contributed by atoms with E-state index < -0.39 is 30.2 Å². The Bertz CT molecular complexity index is 933. The van der Waals surface area contributed by atoms with Crippen LogP contribution in [0.5, 0.6) is 5.75 Å². The maximum Gasteiger partial charge on any atom is 0.341 e. The molecule has 1 aromatic heterocycles. The molecule has 29 heavy (non-hydrogen) atoms. The predicted molar refractivity (Wildman–Crippen MR) is 105 cm³/mol. The number of amides is 2. The normalized spacial score (nSPS) is 10.5. The van der Waals surface area contributed by atoms with Gasteiger partial charge in [0.15, 0.2) is 6.61 Å². The fraction of sp³-hybridized carbons (Fsp3) is 0.278. The molecule has 0 saturated heterocycles. The maximum absolute atomic E-state index is 13.1. The van der Waals surface area contributed by atoms with E-state index >= 15 is 0 Å². The number of methoxy groups -OCH3 is 1. The standard InChI is InChI=1S/C18H18ClFN2O6S/c1-9-14(18(25)27-6-5-26-2)17(29-15(9)16(21)24)22-13(23)8-28-12-4-3-10(20)7-11(12)19/h3-4,7H,5-6,8H2,1-2H3,(H2,21,24)(H,22,23). The molecular formula is C18H18ClFN2O6S.